The summed E-state index contributed by atoms with van der Waals surface area (Å²) in [5.74, 6) is 1.58. The van der Waals surface area contributed by atoms with Crippen LogP contribution in [-0.4, -0.2) is 14.2 Å². The highest BCUT2D eigenvalue weighted by molar-refractivity contribution is 6.30. The van der Waals surface area contributed by atoms with Gasteiger partial charge in [0.25, 0.3) is 0 Å². The van der Waals surface area contributed by atoms with Gasteiger partial charge in [-0.25, -0.2) is 0 Å². The van der Waals surface area contributed by atoms with E-state index in [0.717, 1.165) is 16.7 Å². The standard InChI is InChI=1S/C26H23ClO5/c1-15-11-20-22(12-16(15)2)32-25(18-7-10-21(29-3)23(13-18)30-4)26(24(20)28)31-14-17-5-8-19(27)9-6-17/h5-13H,14H2,1-4H3. The predicted octanol–water partition coefficient (Wildman–Crippen LogP) is 6.33. The molecule has 0 aliphatic heterocycles. The number of ether oxygens (including phenoxy) is 3. The third kappa shape index (κ3) is 4.16. The Bertz CT molecular complexity index is 1340. The summed E-state index contributed by atoms with van der Waals surface area (Å²) in [7, 11) is 3.13. The third-order valence-corrected chi connectivity index (χ3v) is 5.66. The van der Waals surface area contributed by atoms with E-state index in [-0.39, 0.29) is 17.8 Å². The van der Waals surface area contributed by atoms with E-state index in [4.69, 9.17) is 30.2 Å². The molecule has 1 aromatic heterocycles. The first-order chi connectivity index (χ1) is 15.4. The number of hydrogen-bond donors (Lipinski definition) is 0. The molecule has 0 saturated heterocycles. The summed E-state index contributed by atoms with van der Waals surface area (Å²) in [6, 6.07) is 16.3. The van der Waals surface area contributed by atoms with Crippen molar-refractivity contribution in [3.8, 4) is 28.6 Å². The van der Waals surface area contributed by atoms with Gasteiger partial charge in [-0.3, -0.25) is 4.79 Å². The molecule has 1 heterocycles. The Hall–Kier alpha value is -3.44. The van der Waals surface area contributed by atoms with Crippen LogP contribution >= 0.6 is 11.6 Å². The Morgan fingerprint density at radius 3 is 2.25 bits per heavy atom. The molecule has 0 aliphatic carbocycles. The second kappa shape index (κ2) is 8.97. The molecule has 0 atom stereocenters. The molecule has 0 fully saturated rings. The van der Waals surface area contributed by atoms with Gasteiger partial charge >= 0.3 is 0 Å². The van der Waals surface area contributed by atoms with E-state index < -0.39 is 0 Å². The molecular weight excluding hydrogens is 428 g/mol. The smallest absolute Gasteiger partial charge is 0.235 e. The molecule has 0 radical (unpaired) electrons. The van der Waals surface area contributed by atoms with Gasteiger partial charge in [0.15, 0.2) is 17.3 Å². The Morgan fingerprint density at radius 1 is 0.875 bits per heavy atom. The Balaban J connectivity index is 1.89. The third-order valence-electron chi connectivity index (χ3n) is 5.41. The van der Waals surface area contributed by atoms with Gasteiger partial charge in [-0.05, 0) is 73.0 Å². The van der Waals surface area contributed by atoms with Gasteiger partial charge < -0.3 is 18.6 Å². The van der Waals surface area contributed by atoms with Crippen molar-refractivity contribution in [1.29, 1.82) is 0 Å². The Morgan fingerprint density at radius 2 is 1.56 bits per heavy atom. The molecule has 5 nitrogen and oxygen atoms in total. The molecule has 0 unspecified atom stereocenters. The zero-order valence-electron chi connectivity index (χ0n) is 18.3. The maximum Gasteiger partial charge on any atom is 0.235 e. The molecular formula is C26H23ClO5. The number of methoxy groups -OCH3 is 2. The minimum atomic E-state index is -0.229. The van der Waals surface area contributed by atoms with E-state index in [9.17, 15) is 4.79 Å². The van der Waals surface area contributed by atoms with E-state index in [1.165, 1.54) is 0 Å². The van der Waals surface area contributed by atoms with Crippen LogP contribution in [0.25, 0.3) is 22.3 Å². The first-order valence-corrected chi connectivity index (χ1v) is 10.5. The molecule has 0 aliphatic rings. The number of benzene rings is 3. The van der Waals surface area contributed by atoms with Gasteiger partial charge in [0.1, 0.15) is 12.2 Å². The van der Waals surface area contributed by atoms with Crippen molar-refractivity contribution in [2.45, 2.75) is 20.5 Å². The van der Waals surface area contributed by atoms with Crippen LogP contribution in [0, 0.1) is 13.8 Å². The van der Waals surface area contributed by atoms with Gasteiger partial charge in [-0.1, -0.05) is 23.7 Å². The van der Waals surface area contributed by atoms with Crippen LogP contribution < -0.4 is 19.6 Å². The van der Waals surface area contributed by atoms with Crippen molar-refractivity contribution < 1.29 is 18.6 Å². The van der Waals surface area contributed by atoms with Gasteiger partial charge in [-0.15, -0.1) is 0 Å². The zero-order valence-corrected chi connectivity index (χ0v) is 19.1. The summed E-state index contributed by atoms with van der Waals surface area (Å²) in [5, 5.41) is 1.11. The van der Waals surface area contributed by atoms with Crippen LogP contribution in [0.3, 0.4) is 0 Å². The molecule has 4 rings (SSSR count). The minimum Gasteiger partial charge on any atom is -0.493 e. The van der Waals surface area contributed by atoms with Crippen LogP contribution in [0.1, 0.15) is 16.7 Å². The lowest BCUT2D eigenvalue weighted by Gasteiger charge is -2.14. The summed E-state index contributed by atoms with van der Waals surface area (Å²) in [6.45, 7) is 4.14. The number of rotatable bonds is 6. The Labute approximate surface area is 191 Å². The lowest BCUT2D eigenvalue weighted by Crippen LogP contribution is -2.11. The topological polar surface area (TPSA) is 57.9 Å². The largest absolute Gasteiger partial charge is 0.493 e. The molecule has 0 amide bonds. The van der Waals surface area contributed by atoms with Crippen molar-refractivity contribution in [3.05, 3.63) is 86.5 Å². The molecule has 3 aromatic carbocycles. The van der Waals surface area contributed by atoms with E-state index in [1.54, 1.807) is 38.5 Å². The van der Waals surface area contributed by atoms with Crippen LogP contribution in [0.5, 0.6) is 17.2 Å². The normalized spacial score (nSPS) is 10.9. The SMILES string of the molecule is COc1ccc(-c2oc3cc(C)c(C)cc3c(=O)c2OCc2ccc(Cl)cc2)cc1OC. The number of hydrogen-bond acceptors (Lipinski definition) is 5. The maximum absolute atomic E-state index is 13.5. The molecule has 0 N–H and O–H groups in total. The fourth-order valence-corrected chi connectivity index (χ4v) is 3.59. The number of aryl methyl sites for hydroxylation is 2. The van der Waals surface area contributed by atoms with Gasteiger partial charge in [-0.2, -0.15) is 0 Å². The summed E-state index contributed by atoms with van der Waals surface area (Å²) >= 11 is 5.98. The van der Waals surface area contributed by atoms with Gasteiger partial charge in [0, 0.05) is 10.6 Å². The van der Waals surface area contributed by atoms with Crippen LogP contribution in [0.2, 0.25) is 5.02 Å². The van der Waals surface area contributed by atoms with Crippen molar-refractivity contribution >= 4 is 22.6 Å². The van der Waals surface area contributed by atoms with Crippen LogP contribution in [0.4, 0.5) is 0 Å². The van der Waals surface area contributed by atoms with Gasteiger partial charge in [0.2, 0.25) is 11.2 Å². The number of fused-ring (bicyclic) bond motifs is 1. The summed E-state index contributed by atoms with van der Waals surface area (Å²) in [6.07, 6.45) is 0. The lowest BCUT2D eigenvalue weighted by atomic mass is 10.0. The summed E-state index contributed by atoms with van der Waals surface area (Å²) in [4.78, 5) is 13.5. The highest BCUT2D eigenvalue weighted by Gasteiger charge is 2.20. The van der Waals surface area contributed by atoms with Crippen molar-refractivity contribution in [3.63, 3.8) is 0 Å². The second-order valence-electron chi connectivity index (χ2n) is 7.51. The van der Waals surface area contributed by atoms with Gasteiger partial charge in [0.05, 0.1) is 19.6 Å². The first-order valence-electron chi connectivity index (χ1n) is 10.1. The fraction of sp³-hybridized carbons (Fsp3) is 0.192. The Kier molecular flexibility index (Phi) is 6.10. The number of halogens is 1. The quantitative estimate of drug-likeness (QED) is 0.343. The van der Waals surface area contributed by atoms with Crippen molar-refractivity contribution in [2.75, 3.05) is 14.2 Å². The monoisotopic (exact) mass is 450 g/mol. The molecule has 0 spiro atoms. The van der Waals surface area contributed by atoms with E-state index in [0.29, 0.717) is 38.8 Å². The average Bonchev–Trinajstić information content (AvgIpc) is 2.80. The molecule has 6 heteroatoms. The first kappa shape index (κ1) is 21.8. The summed E-state index contributed by atoms with van der Waals surface area (Å²) in [5.41, 5.74) is 3.84. The molecule has 4 aromatic rings. The highest BCUT2D eigenvalue weighted by atomic mass is 35.5. The van der Waals surface area contributed by atoms with Crippen LogP contribution in [0.15, 0.2) is 63.8 Å². The highest BCUT2D eigenvalue weighted by Crippen LogP contribution is 2.37. The van der Waals surface area contributed by atoms with Crippen LogP contribution in [-0.2, 0) is 6.61 Å². The lowest BCUT2D eigenvalue weighted by molar-refractivity contribution is 0.298. The maximum atomic E-state index is 13.5. The van der Waals surface area contributed by atoms with E-state index >= 15 is 0 Å². The minimum absolute atomic E-state index is 0.142. The van der Waals surface area contributed by atoms with Crippen molar-refractivity contribution in [1.82, 2.24) is 0 Å². The average molecular weight is 451 g/mol. The molecule has 0 bridgehead atoms. The van der Waals surface area contributed by atoms with E-state index in [1.807, 2.05) is 44.2 Å². The molecule has 164 valence electrons. The molecule has 0 saturated carbocycles. The predicted molar refractivity (Wildman–Crippen MR) is 126 cm³/mol. The second-order valence-corrected chi connectivity index (χ2v) is 7.94. The van der Waals surface area contributed by atoms with Crippen molar-refractivity contribution in [2.24, 2.45) is 0 Å². The summed E-state index contributed by atoms with van der Waals surface area (Å²) < 4.78 is 23.0. The van der Waals surface area contributed by atoms with E-state index in [2.05, 4.69) is 0 Å². The molecule has 32 heavy (non-hydrogen) atoms. The zero-order chi connectivity index (χ0) is 22.8. The fourth-order valence-electron chi connectivity index (χ4n) is 3.47.